The van der Waals surface area contributed by atoms with E-state index in [1.54, 1.807) is 18.2 Å². The number of piperidine rings is 2. The first-order valence-electron chi connectivity index (χ1n) is 14.5. The maximum atomic E-state index is 13.7. The monoisotopic (exact) mass is 626 g/mol. The molecule has 1 amide bonds. The highest BCUT2D eigenvalue weighted by Gasteiger charge is 2.40. The Morgan fingerprint density at radius 1 is 0.955 bits per heavy atom. The second-order valence-electron chi connectivity index (χ2n) is 11.6. The van der Waals surface area contributed by atoms with E-state index in [2.05, 4.69) is 19.9 Å². The van der Waals surface area contributed by atoms with E-state index in [4.69, 9.17) is 0 Å². The van der Waals surface area contributed by atoms with Gasteiger partial charge < -0.3 is 14.8 Å². The minimum Gasteiger partial charge on any atom is -0.371 e. The average Bonchev–Trinajstić information content (AvgIpc) is 3.44. The highest BCUT2D eigenvalue weighted by Crippen LogP contribution is 2.42. The minimum absolute atomic E-state index is 0.130. The van der Waals surface area contributed by atoms with Gasteiger partial charge in [0.25, 0.3) is 5.91 Å². The van der Waals surface area contributed by atoms with Crippen LogP contribution in [0.15, 0.2) is 71.9 Å². The Bertz CT molecular complexity index is 1760. The number of carbonyl (C=O) groups is 1. The van der Waals surface area contributed by atoms with E-state index in [0.717, 1.165) is 61.3 Å². The van der Waals surface area contributed by atoms with Crippen LogP contribution in [0, 0.1) is 5.41 Å². The molecule has 44 heavy (non-hydrogen) atoms. The number of alkyl halides is 3. The summed E-state index contributed by atoms with van der Waals surface area (Å²) in [7, 11) is -3.29. The summed E-state index contributed by atoms with van der Waals surface area (Å²) in [6, 6.07) is 13.3. The van der Waals surface area contributed by atoms with E-state index in [1.807, 2.05) is 29.4 Å². The van der Waals surface area contributed by atoms with Gasteiger partial charge in [-0.3, -0.25) is 9.78 Å². The van der Waals surface area contributed by atoms with Gasteiger partial charge in [-0.15, -0.1) is 0 Å². The van der Waals surface area contributed by atoms with Gasteiger partial charge >= 0.3 is 6.18 Å². The van der Waals surface area contributed by atoms with Crippen LogP contribution in [0.4, 0.5) is 18.9 Å². The van der Waals surface area contributed by atoms with Crippen molar-refractivity contribution in [3.63, 3.8) is 0 Å². The molecule has 6 rings (SSSR count). The number of H-pyrrole nitrogens is 1. The number of pyridine rings is 1. The van der Waals surface area contributed by atoms with Crippen LogP contribution in [0.5, 0.6) is 0 Å². The smallest absolute Gasteiger partial charge is 0.371 e. The molecule has 2 saturated heterocycles. The number of nitrogens with zero attached hydrogens (tertiary/aromatic N) is 5. The number of para-hydroxylation sites is 1. The van der Waals surface area contributed by atoms with Crippen molar-refractivity contribution in [3.05, 3.63) is 83.9 Å². The number of aromatic amines is 1. The highest BCUT2D eigenvalue weighted by atomic mass is 32.2. The molecule has 4 aromatic rings. The second-order valence-corrected chi connectivity index (χ2v) is 13.6. The number of halogens is 3. The molecular weight excluding hydrogens is 593 g/mol. The van der Waals surface area contributed by atoms with Gasteiger partial charge in [-0.2, -0.15) is 17.5 Å². The number of hydrogen-bond donors (Lipinski definition) is 1. The lowest BCUT2D eigenvalue weighted by molar-refractivity contribution is -0.139. The van der Waals surface area contributed by atoms with E-state index in [0.29, 0.717) is 29.7 Å². The fraction of sp³-hybridized carbons (Fsp3) is 0.387. The molecule has 1 spiro atoms. The van der Waals surface area contributed by atoms with Gasteiger partial charge in [-0.05, 0) is 67.5 Å². The van der Waals surface area contributed by atoms with Gasteiger partial charge in [-0.25, -0.2) is 13.4 Å². The molecule has 2 fully saturated rings. The first-order chi connectivity index (χ1) is 21.0. The summed E-state index contributed by atoms with van der Waals surface area (Å²) < 4.78 is 67.7. The van der Waals surface area contributed by atoms with Crippen molar-refractivity contribution in [1.29, 1.82) is 0 Å². The van der Waals surface area contributed by atoms with Crippen LogP contribution >= 0.6 is 0 Å². The Morgan fingerprint density at radius 2 is 1.61 bits per heavy atom. The van der Waals surface area contributed by atoms with Crippen molar-refractivity contribution in [2.45, 2.75) is 43.3 Å². The van der Waals surface area contributed by atoms with Crippen LogP contribution in [-0.4, -0.2) is 71.7 Å². The van der Waals surface area contributed by atoms with Crippen molar-refractivity contribution in [2.75, 3.05) is 38.1 Å². The predicted molar refractivity (Wildman–Crippen MR) is 159 cm³/mol. The first-order valence-corrected chi connectivity index (χ1v) is 16.0. The molecule has 2 aromatic heterocycles. The van der Waals surface area contributed by atoms with Crippen LogP contribution in [0.25, 0.3) is 11.0 Å². The number of imidazole rings is 1. The minimum atomic E-state index is -4.83. The molecule has 0 unspecified atom stereocenters. The second kappa shape index (κ2) is 11.5. The molecule has 1 N–H and O–H groups in total. The quantitative estimate of drug-likeness (QED) is 0.311. The lowest BCUT2D eigenvalue weighted by atomic mass is 9.71. The highest BCUT2D eigenvalue weighted by molar-refractivity contribution is 7.89. The molecule has 232 valence electrons. The Balaban J connectivity index is 1.14. The molecule has 2 aromatic carbocycles. The summed E-state index contributed by atoms with van der Waals surface area (Å²) in [6.45, 7) is 2.93. The van der Waals surface area contributed by atoms with Crippen LogP contribution in [0.2, 0.25) is 0 Å². The SMILES string of the molecule is CN(Cc1nc2cccc(C(=O)N3CCC4(CC3)CCN(c3ccncc3)CC4)c2[nH]1)S(=O)(=O)c1ccccc1C(F)(F)F. The third kappa shape index (κ3) is 5.77. The molecule has 4 heterocycles. The first kappa shape index (κ1) is 30.1. The summed E-state index contributed by atoms with van der Waals surface area (Å²) in [6.07, 6.45) is 2.78. The van der Waals surface area contributed by atoms with E-state index in [9.17, 15) is 26.4 Å². The average molecular weight is 627 g/mol. The fourth-order valence-electron chi connectivity index (χ4n) is 6.37. The van der Waals surface area contributed by atoms with E-state index in [1.165, 1.54) is 18.8 Å². The zero-order valence-electron chi connectivity index (χ0n) is 24.2. The molecule has 0 bridgehead atoms. The number of sulfonamides is 1. The van der Waals surface area contributed by atoms with Gasteiger partial charge in [0.2, 0.25) is 10.0 Å². The van der Waals surface area contributed by atoms with E-state index in [-0.39, 0.29) is 23.7 Å². The fourth-order valence-corrected chi connectivity index (χ4v) is 7.71. The molecule has 13 heteroatoms. The van der Waals surface area contributed by atoms with Crippen LogP contribution < -0.4 is 4.90 Å². The summed E-state index contributed by atoms with van der Waals surface area (Å²) in [5, 5.41) is 0. The van der Waals surface area contributed by atoms with Crippen molar-refractivity contribution >= 4 is 32.7 Å². The Kier molecular flexibility index (Phi) is 7.87. The number of likely N-dealkylation sites (tertiary alicyclic amines) is 1. The Hall–Kier alpha value is -3.97. The number of benzene rings is 2. The number of amides is 1. The standard InChI is InChI=1S/C31H33F3N6O3S/c1-38(44(42,43)26-8-3-2-6-24(26)31(32,33)34)21-27-36-25-7-4-5-23(28(25)37-27)29(41)40-19-13-30(14-20-40)11-17-39(18-12-30)22-9-15-35-16-10-22/h2-10,15-16H,11-14,17-21H2,1H3,(H,36,37). The summed E-state index contributed by atoms with van der Waals surface area (Å²) in [5.41, 5.74) is 1.55. The molecule has 9 nitrogen and oxygen atoms in total. The van der Waals surface area contributed by atoms with Crippen molar-refractivity contribution < 1.29 is 26.4 Å². The van der Waals surface area contributed by atoms with Crippen molar-refractivity contribution in [2.24, 2.45) is 5.41 Å². The van der Waals surface area contributed by atoms with Crippen LogP contribution in [-0.2, 0) is 22.7 Å². The van der Waals surface area contributed by atoms with Gasteiger partial charge in [0.1, 0.15) is 5.82 Å². The van der Waals surface area contributed by atoms with E-state index >= 15 is 0 Å². The normalized spacial score (nSPS) is 17.5. The number of aromatic nitrogens is 3. The number of hydrogen-bond acceptors (Lipinski definition) is 6. The third-order valence-electron chi connectivity index (χ3n) is 9.01. The topological polar surface area (TPSA) is 102 Å². The van der Waals surface area contributed by atoms with E-state index < -0.39 is 26.7 Å². The summed E-state index contributed by atoms with van der Waals surface area (Å²) >= 11 is 0. The predicted octanol–water partition coefficient (Wildman–Crippen LogP) is 5.32. The molecule has 0 saturated carbocycles. The Morgan fingerprint density at radius 3 is 2.30 bits per heavy atom. The zero-order valence-corrected chi connectivity index (χ0v) is 25.0. The third-order valence-corrected chi connectivity index (χ3v) is 10.9. The van der Waals surface area contributed by atoms with Crippen LogP contribution in [0.3, 0.4) is 0 Å². The van der Waals surface area contributed by atoms with Gasteiger partial charge in [-0.1, -0.05) is 18.2 Å². The van der Waals surface area contributed by atoms with Gasteiger partial charge in [0, 0.05) is 51.3 Å². The lowest BCUT2D eigenvalue weighted by Crippen LogP contribution is -2.48. The lowest BCUT2D eigenvalue weighted by Gasteiger charge is -2.47. The molecule has 2 aliphatic heterocycles. The molecular formula is C31H33F3N6O3S. The summed E-state index contributed by atoms with van der Waals surface area (Å²) in [4.78, 5) is 28.7. The number of rotatable bonds is 6. The van der Waals surface area contributed by atoms with Gasteiger partial charge in [0.15, 0.2) is 0 Å². The largest absolute Gasteiger partial charge is 0.417 e. The molecule has 0 radical (unpaired) electrons. The number of anilines is 1. The van der Waals surface area contributed by atoms with Crippen molar-refractivity contribution in [1.82, 2.24) is 24.2 Å². The van der Waals surface area contributed by atoms with Crippen LogP contribution in [0.1, 0.15) is 47.4 Å². The Labute approximate surface area is 253 Å². The number of carbonyl (C=O) groups excluding carboxylic acids is 1. The molecule has 2 aliphatic rings. The number of nitrogens with one attached hydrogen (secondary N) is 1. The maximum Gasteiger partial charge on any atom is 0.417 e. The maximum absolute atomic E-state index is 13.7. The summed E-state index contributed by atoms with van der Waals surface area (Å²) in [5.74, 6) is 0.0873. The molecule has 0 atom stereocenters. The zero-order chi connectivity index (χ0) is 31.1. The number of fused-ring (bicyclic) bond motifs is 1. The molecule has 0 aliphatic carbocycles. The van der Waals surface area contributed by atoms with Crippen molar-refractivity contribution in [3.8, 4) is 0 Å². The van der Waals surface area contributed by atoms with Gasteiger partial charge in [0.05, 0.1) is 33.6 Å².